The van der Waals surface area contributed by atoms with Crippen molar-refractivity contribution < 1.29 is 9.18 Å². The summed E-state index contributed by atoms with van der Waals surface area (Å²) in [6.07, 6.45) is 0. The number of amides is 1. The van der Waals surface area contributed by atoms with Crippen molar-refractivity contribution in [3.8, 4) is 11.3 Å². The molecule has 1 aromatic heterocycles. The molecule has 1 aliphatic heterocycles. The van der Waals surface area contributed by atoms with Crippen LogP contribution in [0, 0.1) is 19.7 Å². The molecule has 2 heterocycles. The monoisotopic (exact) mass is 405 g/mol. The van der Waals surface area contributed by atoms with Crippen LogP contribution in [0.2, 0.25) is 0 Å². The lowest BCUT2D eigenvalue weighted by Crippen LogP contribution is -2.47. The third-order valence-electron chi connectivity index (χ3n) is 5.46. The van der Waals surface area contributed by atoms with Gasteiger partial charge in [-0.25, -0.2) is 14.4 Å². The predicted molar refractivity (Wildman–Crippen MR) is 116 cm³/mol. The van der Waals surface area contributed by atoms with Crippen molar-refractivity contribution in [1.29, 1.82) is 0 Å². The van der Waals surface area contributed by atoms with E-state index < -0.39 is 5.91 Å². The molecule has 6 nitrogen and oxygen atoms in total. The zero-order chi connectivity index (χ0) is 21.3. The van der Waals surface area contributed by atoms with Gasteiger partial charge in [-0.1, -0.05) is 30.3 Å². The topological polar surface area (TPSA) is 75.4 Å². The van der Waals surface area contributed by atoms with Gasteiger partial charge >= 0.3 is 0 Å². The SMILES string of the molecule is Cc1cccc(C)c1-c1cc(C(N)=O)nc(N2CCN(c3ccccc3F)CC2)n1. The van der Waals surface area contributed by atoms with Gasteiger partial charge in [-0.05, 0) is 43.2 Å². The second-order valence-corrected chi connectivity index (χ2v) is 7.49. The Kier molecular flexibility index (Phi) is 5.35. The lowest BCUT2D eigenvalue weighted by atomic mass is 9.99. The molecule has 1 amide bonds. The first-order chi connectivity index (χ1) is 14.4. The molecule has 0 atom stereocenters. The number of aromatic nitrogens is 2. The Hall–Kier alpha value is -3.48. The molecule has 4 rings (SSSR count). The first-order valence-corrected chi connectivity index (χ1v) is 9.94. The van der Waals surface area contributed by atoms with E-state index in [4.69, 9.17) is 10.7 Å². The van der Waals surface area contributed by atoms with Crippen molar-refractivity contribution in [2.24, 2.45) is 5.73 Å². The number of aryl methyl sites for hydroxylation is 2. The number of nitrogens with two attached hydrogens (primary N) is 1. The van der Waals surface area contributed by atoms with Crippen LogP contribution in [0.25, 0.3) is 11.3 Å². The van der Waals surface area contributed by atoms with E-state index in [9.17, 15) is 9.18 Å². The average molecular weight is 405 g/mol. The van der Waals surface area contributed by atoms with Gasteiger partial charge in [0.15, 0.2) is 0 Å². The fraction of sp³-hybridized carbons (Fsp3) is 0.261. The summed E-state index contributed by atoms with van der Waals surface area (Å²) in [5, 5.41) is 0. The highest BCUT2D eigenvalue weighted by Gasteiger charge is 2.23. The lowest BCUT2D eigenvalue weighted by Gasteiger charge is -2.36. The highest BCUT2D eigenvalue weighted by molar-refractivity contribution is 5.92. The second kappa shape index (κ2) is 8.10. The van der Waals surface area contributed by atoms with E-state index in [-0.39, 0.29) is 11.5 Å². The van der Waals surface area contributed by atoms with Gasteiger partial charge in [-0.2, -0.15) is 0 Å². The minimum atomic E-state index is -0.587. The van der Waals surface area contributed by atoms with Crippen molar-refractivity contribution in [1.82, 2.24) is 9.97 Å². The minimum absolute atomic E-state index is 0.189. The molecule has 0 saturated carbocycles. The predicted octanol–water partition coefficient (Wildman–Crippen LogP) is 3.33. The molecule has 0 bridgehead atoms. The summed E-state index contributed by atoms with van der Waals surface area (Å²) in [6.45, 7) is 6.52. The molecular formula is C23H24FN5O. The fourth-order valence-corrected chi connectivity index (χ4v) is 3.90. The number of anilines is 2. The number of hydrogen-bond acceptors (Lipinski definition) is 5. The van der Waals surface area contributed by atoms with Crippen molar-refractivity contribution in [2.45, 2.75) is 13.8 Å². The van der Waals surface area contributed by atoms with Crippen LogP contribution in [-0.4, -0.2) is 42.1 Å². The zero-order valence-corrected chi connectivity index (χ0v) is 17.1. The molecule has 1 aliphatic rings. The number of para-hydroxylation sites is 1. The lowest BCUT2D eigenvalue weighted by molar-refractivity contribution is 0.0995. The van der Waals surface area contributed by atoms with Crippen LogP contribution in [0.3, 0.4) is 0 Å². The zero-order valence-electron chi connectivity index (χ0n) is 17.1. The van der Waals surface area contributed by atoms with E-state index >= 15 is 0 Å². The van der Waals surface area contributed by atoms with Gasteiger partial charge in [-0.3, -0.25) is 4.79 Å². The molecule has 2 N–H and O–H groups in total. The summed E-state index contributed by atoms with van der Waals surface area (Å²) in [7, 11) is 0. The number of primary amides is 1. The summed E-state index contributed by atoms with van der Waals surface area (Å²) in [5.74, 6) is -0.344. The number of nitrogens with zero attached hydrogens (tertiary/aromatic N) is 4. The molecule has 0 aliphatic carbocycles. The number of benzene rings is 2. The maximum absolute atomic E-state index is 14.1. The normalized spacial score (nSPS) is 14.1. The van der Waals surface area contributed by atoms with Gasteiger partial charge in [-0.15, -0.1) is 0 Å². The molecule has 3 aromatic rings. The van der Waals surface area contributed by atoms with Gasteiger partial charge in [0.05, 0.1) is 11.4 Å². The summed E-state index contributed by atoms with van der Waals surface area (Å²) in [4.78, 5) is 25.1. The van der Waals surface area contributed by atoms with E-state index in [2.05, 4.69) is 4.98 Å². The van der Waals surface area contributed by atoms with Crippen LogP contribution in [-0.2, 0) is 0 Å². The van der Waals surface area contributed by atoms with Crippen molar-refractivity contribution in [3.05, 3.63) is 71.2 Å². The Balaban J connectivity index is 1.64. The van der Waals surface area contributed by atoms with Crippen molar-refractivity contribution in [2.75, 3.05) is 36.0 Å². The van der Waals surface area contributed by atoms with Gasteiger partial charge in [0.2, 0.25) is 5.95 Å². The number of carbonyl (C=O) groups is 1. The standard InChI is InChI=1S/C23H24FN5O/c1-15-6-5-7-16(2)21(15)18-14-19(22(25)30)27-23(26-18)29-12-10-28(11-13-29)20-9-4-3-8-17(20)24/h3-9,14H,10-13H2,1-2H3,(H2,25,30). The van der Waals surface area contributed by atoms with Crippen molar-refractivity contribution in [3.63, 3.8) is 0 Å². The Bertz CT molecular complexity index is 1070. The van der Waals surface area contributed by atoms with E-state index in [1.807, 2.05) is 47.9 Å². The van der Waals surface area contributed by atoms with Crippen LogP contribution in [0.4, 0.5) is 16.0 Å². The third kappa shape index (κ3) is 3.83. The molecule has 154 valence electrons. The minimum Gasteiger partial charge on any atom is -0.366 e. The van der Waals surface area contributed by atoms with E-state index in [1.54, 1.807) is 18.2 Å². The number of rotatable bonds is 4. The highest BCUT2D eigenvalue weighted by atomic mass is 19.1. The molecule has 2 aromatic carbocycles. The number of halogens is 1. The Morgan fingerprint density at radius 2 is 1.57 bits per heavy atom. The Labute approximate surface area is 175 Å². The van der Waals surface area contributed by atoms with Crippen LogP contribution < -0.4 is 15.5 Å². The molecule has 1 saturated heterocycles. The summed E-state index contributed by atoms with van der Waals surface area (Å²) >= 11 is 0. The average Bonchev–Trinajstić information content (AvgIpc) is 2.74. The van der Waals surface area contributed by atoms with E-state index in [1.165, 1.54) is 6.07 Å². The smallest absolute Gasteiger partial charge is 0.267 e. The van der Waals surface area contributed by atoms with E-state index in [0.29, 0.717) is 43.5 Å². The first-order valence-electron chi connectivity index (χ1n) is 9.94. The largest absolute Gasteiger partial charge is 0.366 e. The first kappa shape index (κ1) is 19.8. The second-order valence-electron chi connectivity index (χ2n) is 7.49. The molecule has 30 heavy (non-hydrogen) atoms. The molecule has 7 heteroatoms. The van der Waals surface area contributed by atoms with Gasteiger partial charge in [0.25, 0.3) is 5.91 Å². The van der Waals surface area contributed by atoms with Crippen LogP contribution in [0.1, 0.15) is 21.6 Å². The van der Waals surface area contributed by atoms with E-state index in [0.717, 1.165) is 16.7 Å². The Morgan fingerprint density at radius 1 is 0.933 bits per heavy atom. The quantitative estimate of drug-likeness (QED) is 0.721. The molecule has 1 fully saturated rings. The van der Waals surface area contributed by atoms with Gasteiger partial charge in [0.1, 0.15) is 11.5 Å². The highest BCUT2D eigenvalue weighted by Crippen LogP contribution is 2.28. The maximum atomic E-state index is 14.1. The Morgan fingerprint density at radius 3 is 2.20 bits per heavy atom. The van der Waals surface area contributed by atoms with Gasteiger partial charge < -0.3 is 15.5 Å². The van der Waals surface area contributed by atoms with Crippen LogP contribution >= 0.6 is 0 Å². The number of piperazine rings is 1. The summed E-state index contributed by atoms with van der Waals surface area (Å²) in [5.41, 5.74) is 10.1. The van der Waals surface area contributed by atoms with Gasteiger partial charge in [0, 0.05) is 31.7 Å². The molecule has 0 radical (unpaired) electrons. The summed E-state index contributed by atoms with van der Waals surface area (Å²) < 4.78 is 14.1. The fourth-order valence-electron chi connectivity index (χ4n) is 3.90. The molecular weight excluding hydrogens is 381 g/mol. The molecule has 0 spiro atoms. The third-order valence-corrected chi connectivity index (χ3v) is 5.46. The summed E-state index contributed by atoms with van der Waals surface area (Å²) in [6, 6.07) is 14.5. The van der Waals surface area contributed by atoms with Crippen LogP contribution in [0.15, 0.2) is 48.5 Å². The van der Waals surface area contributed by atoms with Crippen LogP contribution in [0.5, 0.6) is 0 Å². The molecule has 0 unspecified atom stereocenters. The van der Waals surface area contributed by atoms with Crippen molar-refractivity contribution >= 4 is 17.5 Å². The number of carbonyl (C=O) groups excluding carboxylic acids is 1. The number of hydrogen-bond donors (Lipinski definition) is 1. The maximum Gasteiger partial charge on any atom is 0.267 e.